The lowest BCUT2D eigenvalue weighted by Gasteiger charge is -2.17. The Hall–Kier alpha value is -1.59. The molecule has 22 heavy (non-hydrogen) atoms. The summed E-state index contributed by atoms with van der Waals surface area (Å²) in [7, 11) is 0. The van der Waals surface area contributed by atoms with E-state index >= 15 is 0 Å². The van der Waals surface area contributed by atoms with Gasteiger partial charge in [-0.2, -0.15) is 0 Å². The fraction of sp³-hybridized carbons (Fsp3) is 0.500. The maximum atomic E-state index is 12.3. The number of carbonyl (C=O) groups excluding carboxylic acids is 2. The summed E-state index contributed by atoms with van der Waals surface area (Å²) in [5, 5.41) is 5.71. The third kappa shape index (κ3) is 4.71. The summed E-state index contributed by atoms with van der Waals surface area (Å²) in [6.45, 7) is 2.37. The number of hydrogen-bond acceptors (Lipinski definition) is 3. The van der Waals surface area contributed by atoms with Crippen LogP contribution in [0.2, 0.25) is 0 Å². The molecule has 0 aromatic heterocycles. The van der Waals surface area contributed by atoms with Crippen LogP contribution < -0.4 is 16.4 Å². The molecule has 0 unspecified atom stereocenters. The standard InChI is InChI=1S/C16H23N3O2.ClH/c1-2-15(20)18-12-6-8-13(9-7-12)19-16(21)14-5-3-4-11(14)10-17;/h6-9,11,14H,2-5,10,17H2,1H3,(H,18,20)(H,19,21);1H/t11-,14-;/m1./s1. The highest BCUT2D eigenvalue weighted by molar-refractivity contribution is 5.94. The maximum Gasteiger partial charge on any atom is 0.227 e. The van der Waals surface area contributed by atoms with E-state index in [1.807, 2.05) is 0 Å². The van der Waals surface area contributed by atoms with Crippen molar-refractivity contribution in [3.05, 3.63) is 24.3 Å². The Morgan fingerprint density at radius 3 is 2.27 bits per heavy atom. The van der Waals surface area contributed by atoms with E-state index in [1.54, 1.807) is 31.2 Å². The van der Waals surface area contributed by atoms with Crippen LogP contribution in [0, 0.1) is 11.8 Å². The van der Waals surface area contributed by atoms with E-state index in [2.05, 4.69) is 10.6 Å². The van der Waals surface area contributed by atoms with Crippen LogP contribution in [0.1, 0.15) is 32.6 Å². The molecule has 0 spiro atoms. The zero-order valence-electron chi connectivity index (χ0n) is 12.8. The molecule has 0 bridgehead atoms. The highest BCUT2D eigenvalue weighted by atomic mass is 35.5. The summed E-state index contributed by atoms with van der Waals surface area (Å²) < 4.78 is 0. The van der Waals surface area contributed by atoms with Crippen molar-refractivity contribution in [2.24, 2.45) is 17.6 Å². The summed E-state index contributed by atoms with van der Waals surface area (Å²) in [4.78, 5) is 23.6. The lowest BCUT2D eigenvalue weighted by atomic mass is 9.95. The van der Waals surface area contributed by atoms with Gasteiger partial charge in [0.1, 0.15) is 0 Å². The fourth-order valence-corrected chi connectivity index (χ4v) is 2.79. The van der Waals surface area contributed by atoms with E-state index in [-0.39, 0.29) is 30.1 Å². The van der Waals surface area contributed by atoms with E-state index in [1.165, 1.54) is 0 Å². The number of rotatable bonds is 5. The van der Waals surface area contributed by atoms with Gasteiger partial charge in [-0.3, -0.25) is 9.59 Å². The minimum atomic E-state index is -0.0245. The molecule has 1 aliphatic rings. The molecule has 1 aliphatic carbocycles. The largest absolute Gasteiger partial charge is 0.330 e. The van der Waals surface area contributed by atoms with E-state index in [0.717, 1.165) is 30.6 Å². The molecule has 0 aliphatic heterocycles. The third-order valence-corrected chi connectivity index (χ3v) is 4.06. The molecule has 1 aromatic rings. The third-order valence-electron chi connectivity index (χ3n) is 4.06. The van der Waals surface area contributed by atoms with Crippen molar-refractivity contribution in [3.63, 3.8) is 0 Å². The Labute approximate surface area is 137 Å². The average molecular weight is 326 g/mol. The van der Waals surface area contributed by atoms with Crippen molar-refractivity contribution in [3.8, 4) is 0 Å². The Bertz CT molecular complexity index is 505. The molecule has 6 heteroatoms. The summed E-state index contributed by atoms with van der Waals surface area (Å²) in [6, 6.07) is 7.18. The van der Waals surface area contributed by atoms with Gasteiger partial charge in [-0.1, -0.05) is 13.3 Å². The van der Waals surface area contributed by atoms with Crippen molar-refractivity contribution in [2.45, 2.75) is 32.6 Å². The maximum absolute atomic E-state index is 12.3. The predicted molar refractivity (Wildman–Crippen MR) is 91.1 cm³/mol. The van der Waals surface area contributed by atoms with Crippen molar-refractivity contribution in [2.75, 3.05) is 17.2 Å². The van der Waals surface area contributed by atoms with Gasteiger partial charge in [-0.25, -0.2) is 0 Å². The van der Waals surface area contributed by atoms with Gasteiger partial charge in [0.2, 0.25) is 11.8 Å². The molecule has 0 heterocycles. The van der Waals surface area contributed by atoms with Crippen LogP contribution in [0.3, 0.4) is 0 Å². The van der Waals surface area contributed by atoms with Crippen molar-refractivity contribution in [1.82, 2.24) is 0 Å². The van der Waals surface area contributed by atoms with E-state index in [9.17, 15) is 9.59 Å². The van der Waals surface area contributed by atoms with Crippen LogP contribution in [0.25, 0.3) is 0 Å². The number of benzene rings is 1. The SMILES string of the molecule is CCC(=O)Nc1ccc(NC(=O)[C@@H]2CCC[C@@H]2CN)cc1.Cl. The second-order valence-corrected chi connectivity index (χ2v) is 5.50. The van der Waals surface area contributed by atoms with Crippen molar-refractivity contribution in [1.29, 1.82) is 0 Å². The molecule has 2 amide bonds. The first-order valence-corrected chi connectivity index (χ1v) is 7.55. The van der Waals surface area contributed by atoms with Crippen LogP contribution in [0.5, 0.6) is 0 Å². The molecule has 0 saturated heterocycles. The van der Waals surface area contributed by atoms with E-state index in [4.69, 9.17) is 5.73 Å². The van der Waals surface area contributed by atoms with Gasteiger partial charge >= 0.3 is 0 Å². The summed E-state index contributed by atoms with van der Waals surface area (Å²) >= 11 is 0. The molecule has 122 valence electrons. The number of anilines is 2. The second-order valence-electron chi connectivity index (χ2n) is 5.50. The molecular formula is C16H24ClN3O2. The van der Waals surface area contributed by atoms with Gasteiger partial charge in [0, 0.05) is 23.7 Å². The first-order chi connectivity index (χ1) is 10.1. The first-order valence-electron chi connectivity index (χ1n) is 7.55. The average Bonchev–Trinajstić information content (AvgIpc) is 2.97. The number of nitrogens with two attached hydrogens (primary N) is 1. The van der Waals surface area contributed by atoms with Crippen LogP contribution in [-0.2, 0) is 9.59 Å². The predicted octanol–water partition coefficient (Wildman–Crippen LogP) is 2.77. The normalized spacial score (nSPS) is 20.1. The molecule has 2 atom stereocenters. The lowest BCUT2D eigenvalue weighted by molar-refractivity contribution is -0.120. The molecule has 0 radical (unpaired) electrons. The molecule has 1 aromatic carbocycles. The monoisotopic (exact) mass is 325 g/mol. The van der Waals surface area contributed by atoms with Gasteiger partial charge in [-0.05, 0) is 49.6 Å². The minimum Gasteiger partial charge on any atom is -0.330 e. The number of hydrogen-bond donors (Lipinski definition) is 3. The Kier molecular flexibility index (Phi) is 7.35. The second kappa shape index (κ2) is 8.76. The van der Waals surface area contributed by atoms with Gasteiger partial charge in [0.15, 0.2) is 0 Å². The fourth-order valence-electron chi connectivity index (χ4n) is 2.79. The molecule has 4 N–H and O–H groups in total. The Morgan fingerprint density at radius 2 is 1.73 bits per heavy atom. The van der Waals surface area contributed by atoms with Gasteiger partial charge in [-0.15, -0.1) is 12.4 Å². The highest BCUT2D eigenvalue weighted by Gasteiger charge is 2.31. The summed E-state index contributed by atoms with van der Waals surface area (Å²) in [5.41, 5.74) is 7.20. The van der Waals surface area contributed by atoms with Crippen LogP contribution in [0.15, 0.2) is 24.3 Å². The Morgan fingerprint density at radius 1 is 1.14 bits per heavy atom. The first kappa shape index (κ1) is 18.5. The lowest BCUT2D eigenvalue weighted by Crippen LogP contribution is -2.29. The summed E-state index contributed by atoms with van der Waals surface area (Å²) in [6.07, 6.45) is 3.47. The minimum absolute atomic E-state index is 0. The van der Waals surface area contributed by atoms with Crippen LogP contribution >= 0.6 is 12.4 Å². The highest BCUT2D eigenvalue weighted by Crippen LogP contribution is 2.31. The number of carbonyl (C=O) groups is 2. The van der Waals surface area contributed by atoms with Gasteiger partial charge in [0.25, 0.3) is 0 Å². The van der Waals surface area contributed by atoms with Crippen LogP contribution in [0.4, 0.5) is 11.4 Å². The number of amides is 2. The summed E-state index contributed by atoms with van der Waals surface area (Å²) in [5.74, 6) is 0.347. The smallest absolute Gasteiger partial charge is 0.227 e. The zero-order chi connectivity index (χ0) is 15.2. The zero-order valence-corrected chi connectivity index (χ0v) is 13.6. The van der Waals surface area contributed by atoms with Gasteiger partial charge in [0.05, 0.1) is 0 Å². The quantitative estimate of drug-likeness (QED) is 0.778. The van der Waals surface area contributed by atoms with E-state index < -0.39 is 0 Å². The van der Waals surface area contributed by atoms with Gasteiger partial charge < -0.3 is 16.4 Å². The van der Waals surface area contributed by atoms with Crippen molar-refractivity contribution < 1.29 is 9.59 Å². The molecule has 5 nitrogen and oxygen atoms in total. The van der Waals surface area contributed by atoms with Crippen molar-refractivity contribution >= 4 is 35.6 Å². The molecule has 1 fully saturated rings. The number of halogens is 1. The van der Waals surface area contributed by atoms with Crippen LogP contribution in [-0.4, -0.2) is 18.4 Å². The topological polar surface area (TPSA) is 84.2 Å². The number of nitrogens with one attached hydrogen (secondary N) is 2. The van der Waals surface area contributed by atoms with E-state index in [0.29, 0.717) is 18.9 Å². The molecule has 2 rings (SSSR count). The molecule has 1 saturated carbocycles. The Balaban J connectivity index is 0.00000242. The molecular weight excluding hydrogens is 302 g/mol.